The second kappa shape index (κ2) is 8.34. The van der Waals surface area contributed by atoms with Gasteiger partial charge in [0.2, 0.25) is 0 Å². The van der Waals surface area contributed by atoms with Crippen molar-refractivity contribution in [2.45, 2.75) is 50.8 Å². The van der Waals surface area contributed by atoms with Gasteiger partial charge >= 0.3 is 12.1 Å². The van der Waals surface area contributed by atoms with Crippen LogP contribution in [0.4, 0.5) is 4.79 Å². The van der Waals surface area contributed by atoms with Crippen molar-refractivity contribution < 1.29 is 19.1 Å². The molecule has 2 fully saturated rings. The Morgan fingerprint density at radius 1 is 1.12 bits per heavy atom. The third-order valence-electron chi connectivity index (χ3n) is 4.90. The fourth-order valence-electron chi connectivity index (χ4n) is 3.14. The van der Waals surface area contributed by atoms with E-state index in [0.29, 0.717) is 19.6 Å². The number of hydrogen-bond donors (Lipinski definition) is 1. The zero-order valence-corrected chi connectivity index (χ0v) is 14.4. The van der Waals surface area contributed by atoms with Gasteiger partial charge in [0, 0.05) is 12.6 Å². The third-order valence-corrected chi connectivity index (χ3v) is 4.90. The molecule has 6 nitrogen and oxygen atoms in total. The summed E-state index contributed by atoms with van der Waals surface area (Å²) >= 11 is 0. The van der Waals surface area contributed by atoms with Gasteiger partial charge in [-0.2, -0.15) is 0 Å². The molecule has 1 saturated carbocycles. The van der Waals surface area contributed by atoms with E-state index < -0.39 is 6.09 Å². The van der Waals surface area contributed by atoms with Gasteiger partial charge in [-0.1, -0.05) is 43.2 Å². The number of hydrogen-bond acceptors (Lipinski definition) is 5. The number of carbonyl (C=O) groups excluding carboxylic acids is 2. The van der Waals surface area contributed by atoms with Gasteiger partial charge in [0.15, 0.2) is 0 Å². The minimum Gasteiger partial charge on any atom is -0.466 e. The van der Waals surface area contributed by atoms with Gasteiger partial charge in [-0.15, -0.1) is 0 Å². The number of nitrogens with zero attached hydrogens (tertiary/aromatic N) is 1. The molecule has 1 aromatic carbocycles. The number of ether oxygens (including phenoxy) is 2. The fraction of sp³-hybridized carbons (Fsp3) is 0.579. The van der Waals surface area contributed by atoms with E-state index in [2.05, 4.69) is 0 Å². The molecule has 1 aliphatic heterocycles. The average Bonchev–Trinajstić information content (AvgIpc) is 3.37. The molecule has 6 heteroatoms. The molecule has 0 spiro atoms. The van der Waals surface area contributed by atoms with Crippen molar-refractivity contribution in [3.8, 4) is 0 Å². The van der Waals surface area contributed by atoms with Gasteiger partial charge in [0.1, 0.15) is 6.61 Å². The standard InChI is InChI=1S/C19H26N2O4/c20-16-8-10-21(19(23)25-13-15-4-2-1-3-5-15)17(16)12-18(22)24-11-9-14-6-7-14/h1-5,14,16-17H,6-13,20H2/t16-,17+/m0/s1. The van der Waals surface area contributed by atoms with Crippen molar-refractivity contribution in [3.63, 3.8) is 0 Å². The largest absolute Gasteiger partial charge is 0.466 e. The van der Waals surface area contributed by atoms with E-state index >= 15 is 0 Å². The van der Waals surface area contributed by atoms with E-state index in [4.69, 9.17) is 15.2 Å². The van der Waals surface area contributed by atoms with E-state index in [9.17, 15) is 9.59 Å². The Hall–Kier alpha value is -2.08. The fourth-order valence-corrected chi connectivity index (χ4v) is 3.14. The maximum absolute atomic E-state index is 12.4. The molecule has 25 heavy (non-hydrogen) atoms. The number of amides is 1. The monoisotopic (exact) mass is 346 g/mol. The first-order valence-corrected chi connectivity index (χ1v) is 9.02. The minimum atomic E-state index is -0.424. The summed E-state index contributed by atoms with van der Waals surface area (Å²) in [7, 11) is 0. The number of esters is 1. The van der Waals surface area contributed by atoms with Gasteiger partial charge in [-0.3, -0.25) is 4.79 Å². The molecule has 1 aliphatic carbocycles. The zero-order valence-electron chi connectivity index (χ0n) is 14.4. The van der Waals surface area contributed by atoms with Crippen molar-refractivity contribution >= 4 is 12.1 Å². The van der Waals surface area contributed by atoms with Gasteiger partial charge in [0.25, 0.3) is 0 Å². The predicted octanol–water partition coefficient (Wildman–Crippen LogP) is 2.46. The molecular weight excluding hydrogens is 320 g/mol. The van der Waals surface area contributed by atoms with Gasteiger partial charge < -0.3 is 20.1 Å². The van der Waals surface area contributed by atoms with Crippen LogP contribution in [0.3, 0.4) is 0 Å². The summed E-state index contributed by atoms with van der Waals surface area (Å²) in [5.41, 5.74) is 7.02. The lowest BCUT2D eigenvalue weighted by molar-refractivity contribution is -0.145. The molecule has 2 N–H and O–H groups in total. The van der Waals surface area contributed by atoms with Crippen molar-refractivity contribution in [2.24, 2.45) is 11.7 Å². The topological polar surface area (TPSA) is 81.9 Å². The summed E-state index contributed by atoms with van der Waals surface area (Å²) < 4.78 is 10.7. The van der Waals surface area contributed by atoms with E-state index in [-0.39, 0.29) is 31.1 Å². The first kappa shape index (κ1) is 17.7. The van der Waals surface area contributed by atoms with Crippen LogP contribution < -0.4 is 5.73 Å². The summed E-state index contributed by atoms with van der Waals surface area (Å²) in [5, 5.41) is 0. The van der Waals surface area contributed by atoms with Crippen molar-refractivity contribution in [1.82, 2.24) is 4.90 Å². The van der Waals surface area contributed by atoms with Crippen LogP contribution in [0.1, 0.15) is 37.7 Å². The Kier molecular flexibility index (Phi) is 5.91. The predicted molar refractivity (Wildman–Crippen MR) is 92.6 cm³/mol. The molecule has 0 unspecified atom stereocenters. The highest BCUT2D eigenvalue weighted by Crippen LogP contribution is 2.32. The zero-order chi connectivity index (χ0) is 17.6. The summed E-state index contributed by atoms with van der Waals surface area (Å²) in [5.74, 6) is 0.440. The molecule has 0 radical (unpaired) electrons. The molecule has 3 rings (SSSR count). The van der Waals surface area contributed by atoms with Crippen molar-refractivity contribution in [3.05, 3.63) is 35.9 Å². The first-order valence-electron chi connectivity index (χ1n) is 9.02. The van der Waals surface area contributed by atoms with Crippen LogP contribution in [0, 0.1) is 5.92 Å². The molecule has 1 aromatic rings. The maximum Gasteiger partial charge on any atom is 0.410 e. The lowest BCUT2D eigenvalue weighted by atomic mass is 10.1. The van der Waals surface area contributed by atoms with Crippen LogP contribution in [-0.2, 0) is 20.9 Å². The quantitative estimate of drug-likeness (QED) is 0.767. The van der Waals surface area contributed by atoms with Gasteiger partial charge in [-0.25, -0.2) is 4.79 Å². The molecule has 2 aliphatic rings. The molecule has 1 saturated heterocycles. The molecule has 2 atom stereocenters. The number of benzene rings is 1. The Morgan fingerprint density at radius 2 is 1.88 bits per heavy atom. The van der Waals surface area contributed by atoms with E-state index in [1.807, 2.05) is 30.3 Å². The highest BCUT2D eigenvalue weighted by molar-refractivity contribution is 5.73. The van der Waals surface area contributed by atoms with E-state index in [1.165, 1.54) is 12.8 Å². The normalized spacial score (nSPS) is 22.7. The van der Waals surface area contributed by atoms with Crippen LogP contribution in [0.25, 0.3) is 0 Å². The summed E-state index contributed by atoms with van der Waals surface area (Å²) in [6.07, 6.45) is 3.79. The lowest BCUT2D eigenvalue weighted by Crippen LogP contribution is -2.44. The second-order valence-corrected chi connectivity index (χ2v) is 6.91. The van der Waals surface area contributed by atoms with E-state index in [0.717, 1.165) is 17.9 Å². The number of rotatable bonds is 7. The maximum atomic E-state index is 12.4. The molecule has 136 valence electrons. The highest BCUT2D eigenvalue weighted by Gasteiger charge is 2.37. The number of nitrogens with two attached hydrogens (primary N) is 1. The molecular formula is C19H26N2O4. The van der Waals surface area contributed by atoms with E-state index in [1.54, 1.807) is 4.90 Å². The Morgan fingerprint density at radius 3 is 2.60 bits per heavy atom. The first-order chi connectivity index (χ1) is 12.1. The summed E-state index contributed by atoms with van der Waals surface area (Å²) in [6, 6.07) is 8.94. The Balaban J connectivity index is 1.46. The van der Waals surface area contributed by atoms with Crippen LogP contribution in [-0.4, -0.2) is 42.2 Å². The van der Waals surface area contributed by atoms with Gasteiger partial charge in [0.05, 0.1) is 19.1 Å². The molecule has 0 aromatic heterocycles. The van der Waals surface area contributed by atoms with Crippen LogP contribution in [0.5, 0.6) is 0 Å². The molecule has 0 bridgehead atoms. The number of likely N-dealkylation sites (tertiary alicyclic amines) is 1. The Labute approximate surface area is 148 Å². The molecule has 1 heterocycles. The van der Waals surface area contributed by atoms with Crippen LogP contribution in [0.15, 0.2) is 30.3 Å². The molecule has 1 amide bonds. The van der Waals surface area contributed by atoms with Crippen LogP contribution in [0.2, 0.25) is 0 Å². The highest BCUT2D eigenvalue weighted by atomic mass is 16.6. The smallest absolute Gasteiger partial charge is 0.410 e. The van der Waals surface area contributed by atoms with Gasteiger partial charge in [-0.05, 0) is 24.3 Å². The lowest BCUT2D eigenvalue weighted by Gasteiger charge is -2.25. The average molecular weight is 346 g/mol. The SMILES string of the molecule is N[C@H]1CCN(C(=O)OCc2ccccc2)[C@@H]1CC(=O)OCCC1CC1. The second-order valence-electron chi connectivity index (χ2n) is 6.91. The third kappa shape index (κ3) is 5.19. The minimum absolute atomic E-state index is 0.131. The van der Waals surface area contributed by atoms with Crippen molar-refractivity contribution in [1.29, 1.82) is 0 Å². The van der Waals surface area contributed by atoms with Crippen molar-refractivity contribution in [2.75, 3.05) is 13.2 Å². The Bertz CT molecular complexity index is 588. The number of carbonyl (C=O) groups is 2. The summed E-state index contributed by atoms with van der Waals surface area (Å²) in [4.78, 5) is 26.0. The van der Waals surface area contributed by atoms with Crippen LogP contribution >= 0.6 is 0 Å². The summed E-state index contributed by atoms with van der Waals surface area (Å²) in [6.45, 7) is 1.18.